The third-order valence-electron chi connectivity index (χ3n) is 5.06. The predicted octanol–water partition coefficient (Wildman–Crippen LogP) is 1.38. The van der Waals surface area contributed by atoms with Gasteiger partial charge in [-0.2, -0.15) is 0 Å². The second-order valence-electron chi connectivity index (χ2n) is 6.86. The van der Waals surface area contributed by atoms with Gasteiger partial charge in [-0.15, -0.1) is 0 Å². The van der Waals surface area contributed by atoms with Gasteiger partial charge in [-0.05, 0) is 37.3 Å². The van der Waals surface area contributed by atoms with Gasteiger partial charge < -0.3 is 15.5 Å². The van der Waals surface area contributed by atoms with E-state index in [9.17, 15) is 14.4 Å². The first-order valence-corrected chi connectivity index (χ1v) is 8.63. The van der Waals surface area contributed by atoms with E-state index < -0.39 is 12.0 Å². The summed E-state index contributed by atoms with van der Waals surface area (Å²) in [4.78, 5) is 39.2. The topological polar surface area (TPSA) is 78.5 Å². The fourth-order valence-corrected chi connectivity index (χ4v) is 3.66. The van der Waals surface area contributed by atoms with Crippen LogP contribution in [0.2, 0.25) is 0 Å². The van der Waals surface area contributed by atoms with Gasteiger partial charge in [0.2, 0.25) is 17.7 Å². The number of hydrogen-bond donors (Lipinski definition) is 2. The molecule has 2 aliphatic heterocycles. The van der Waals surface area contributed by atoms with E-state index in [4.69, 9.17) is 0 Å². The summed E-state index contributed by atoms with van der Waals surface area (Å²) in [6.45, 7) is 0.585. The molecule has 3 aliphatic rings. The average Bonchev–Trinajstić information content (AvgIpc) is 3.25. The van der Waals surface area contributed by atoms with Crippen molar-refractivity contribution in [2.75, 3.05) is 11.9 Å². The quantitative estimate of drug-likeness (QED) is 0.880. The van der Waals surface area contributed by atoms with E-state index in [0.717, 1.165) is 24.8 Å². The third-order valence-corrected chi connectivity index (χ3v) is 5.06. The molecule has 2 heterocycles. The number of likely N-dealkylation sites (tertiary alicyclic amines) is 1. The molecule has 4 rings (SSSR count). The van der Waals surface area contributed by atoms with Crippen molar-refractivity contribution >= 4 is 23.4 Å². The Balaban J connectivity index is 1.56. The SMILES string of the molecule is O=C1CC(C(=O)N2CCCC2C(=O)NC2CC2)c2ccccc2N1. The zero-order chi connectivity index (χ0) is 16.7. The number of amides is 3. The van der Waals surface area contributed by atoms with Gasteiger partial charge in [-0.25, -0.2) is 0 Å². The van der Waals surface area contributed by atoms with E-state index in [2.05, 4.69) is 10.6 Å². The number of carbonyl (C=O) groups is 3. The van der Waals surface area contributed by atoms with Crippen molar-refractivity contribution in [3.05, 3.63) is 29.8 Å². The Morgan fingerprint density at radius 2 is 1.96 bits per heavy atom. The van der Waals surface area contributed by atoms with E-state index >= 15 is 0 Å². The summed E-state index contributed by atoms with van der Waals surface area (Å²) in [5, 5.41) is 5.81. The van der Waals surface area contributed by atoms with Crippen LogP contribution in [0.15, 0.2) is 24.3 Å². The highest BCUT2D eigenvalue weighted by molar-refractivity contribution is 6.02. The summed E-state index contributed by atoms with van der Waals surface area (Å²) in [5.74, 6) is -0.794. The molecule has 2 unspecified atom stereocenters. The number of hydrogen-bond acceptors (Lipinski definition) is 3. The van der Waals surface area contributed by atoms with Gasteiger partial charge in [0.1, 0.15) is 6.04 Å². The molecule has 2 fully saturated rings. The molecule has 1 aromatic rings. The summed E-state index contributed by atoms with van der Waals surface area (Å²) >= 11 is 0. The molecule has 6 heteroatoms. The molecule has 1 aliphatic carbocycles. The molecular weight excluding hydrogens is 306 g/mol. The largest absolute Gasteiger partial charge is 0.352 e. The smallest absolute Gasteiger partial charge is 0.243 e. The minimum Gasteiger partial charge on any atom is -0.352 e. The Bertz CT molecular complexity index is 699. The van der Waals surface area contributed by atoms with Crippen molar-refractivity contribution in [1.29, 1.82) is 0 Å². The van der Waals surface area contributed by atoms with Crippen LogP contribution in [0.4, 0.5) is 5.69 Å². The van der Waals surface area contributed by atoms with Gasteiger partial charge in [-0.3, -0.25) is 14.4 Å². The molecule has 2 N–H and O–H groups in total. The van der Waals surface area contributed by atoms with Gasteiger partial charge in [0.15, 0.2) is 0 Å². The molecule has 126 valence electrons. The fraction of sp³-hybridized carbons (Fsp3) is 0.500. The number of nitrogens with one attached hydrogen (secondary N) is 2. The molecule has 0 aromatic heterocycles. The number of rotatable bonds is 3. The van der Waals surface area contributed by atoms with E-state index in [0.29, 0.717) is 18.7 Å². The maximum Gasteiger partial charge on any atom is 0.243 e. The fourth-order valence-electron chi connectivity index (χ4n) is 3.66. The summed E-state index contributed by atoms with van der Waals surface area (Å²) in [7, 11) is 0. The number of carbonyl (C=O) groups excluding carboxylic acids is 3. The first-order chi connectivity index (χ1) is 11.6. The van der Waals surface area contributed by atoms with Crippen molar-refractivity contribution in [2.24, 2.45) is 0 Å². The molecule has 24 heavy (non-hydrogen) atoms. The molecule has 6 nitrogen and oxygen atoms in total. The minimum absolute atomic E-state index is 0.0445. The number of para-hydroxylation sites is 1. The molecule has 1 saturated carbocycles. The van der Waals surface area contributed by atoms with E-state index in [1.807, 2.05) is 24.3 Å². The molecule has 0 bridgehead atoms. The Morgan fingerprint density at radius 1 is 1.17 bits per heavy atom. The van der Waals surface area contributed by atoms with Crippen LogP contribution in [-0.4, -0.2) is 41.2 Å². The lowest BCUT2D eigenvalue weighted by Crippen LogP contribution is -2.48. The van der Waals surface area contributed by atoms with Crippen molar-refractivity contribution < 1.29 is 14.4 Å². The van der Waals surface area contributed by atoms with Crippen molar-refractivity contribution in [3.63, 3.8) is 0 Å². The molecular formula is C18H21N3O3. The van der Waals surface area contributed by atoms with Crippen LogP contribution in [0.5, 0.6) is 0 Å². The monoisotopic (exact) mass is 327 g/mol. The summed E-state index contributed by atoms with van der Waals surface area (Å²) < 4.78 is 0. The lowest BCUT2D eigenvalue weighted by molar-refractivity contribution is -0.140. The highest BCUT2D eigenvalue weighted by atomic mass is 16.2. The summed E-state index contributed by atoms with van der Waals surface area (Å²) in [6, 6.07) is 7.30. The molecule has 1 saturated heterocycles. The Hall–Kier alpha value is -2.37. The highest BCUT2D eigenvalue weighted by Gasteiger charge is 2.41. The summed E-state index contributed by atoms with van der Waals surface area (Å²) in [5.41, 5.74) is 1.54. The van der Waals surface area contributed by atoms with Crippen LogP contribution in [0.25, 0.3) is 0 Å². The van der Waals surface area contributed by atoms with Crippen LogP contribution < -0.4 is 10.6 Å². The highest BCUT2D eigenvalue weighted by Crippen LogP contribution is 2.35. The Labute approximate surface area is 140 Å². The maximum atomic E-state index is 13.1. The number of benzene rings is 1. The van der Waals surface area contributed by atoms with Gasteiger partial charge in [0, 0.05) is 24.7 Å². The molecule has 1 aromatic carbocycles. The first kappa shape index (κ1) is 15.2. The molecule has 3 amide bonds. The minimum atomic E-state index is -0.496. The molecule has 2 atom stereocenters. The summed E-state index contributed by atoms with van der Waals surface area (Å²) in [6.07, 6.45) is 3.73. The number of nitrogens with zero attached hydrogens (tertiary/aromatic N) is 1. The van der Waals surface area contributed by atoms with Crippen molar-refractivity contribution in [1.82, 2.24) is 10.2 Å². The van der Waals surface area contributed by atoms with Gasteiger partial charge in [0.25, 0.3) is 0 Å². The number of anilines is 1. The normalized spacial score (nSPS) is 25.8. The van der Waals surface area contributed by atoms with Crippen LogP contribution in [-0.2, 0) is 14.4 Å². The average molecular weight is 327 g/mol. The van der Waals surface area contributed by atoms with Gasteiger partial charge >= 0.3 is 0 Å². The molecule has 0 radical (unpaired) electrons. The zero-order valence-electron chi connectivity index (χ0n) is 13.5. The van der Waals surface area contributed by atoms with Crippen molar-refractivity contribution in [2.45, 2.75) is 50.1 Å². The second-order valence-corrected chi connectivity index (χ2v) is 6.86. The van der Waals surface area contributed by atoms with Gasteiger partial charge in [-0.1, -0.05) is 18.2 Å². The van der Waals surface area contributed by atoms with Crippen LogP contribution in [0.1, 0.15) is 43.6 Å². The van der Waals surface area contributed by atoms with Crippen molar-refractivity contribution in [3.8, 4) is 0 Å². The zero-order valence-corrected chi connectivity index (χ0v) is 13.5. The lowest BCUT2D eigenvalue weighted by atomic mass is 9.89. The lowest BCUT2D eigenvalue weighted by Gasteiger charge is -2.31. The van der Waals surface area contributed by atoms with E-state index in [-0.39, 0.29) is 30.2 Å². The van der Waals surface area contributed by atoms with Crippen LogP contribution >= 0.6 is 0 Å². The Kier molecular flexibility index (Phi) is 3.75. The van der Waals surface area contributed by atoms with Crippen LogP contribution in [0.3, 0.4) is 0 Å². The van der Waals surface area contributed by atoms with Gasteiger partial charge in [0.05, 0.1) is 5.92 Å². The standard InChI is InChI=1S/C18H21N3O3/c22-16-10-13(12-4-1-2-5-14(12)20-16)18(24)21-9-3-6-15(21)17(23)19-11-7-8-11/h1-2,4-5,11,13,15H,3,6-10H2,(H,19,23)(H,20,22). The predicted molar refractivity (Wildman–Crippen MR) is 88.3 cm³/mol. The second kappa shape index (κ2) is 5.92. The maximum absolute atomic E-state index is 13.1. The third kappa shape index (κ3) is 2.77. The van der Waals surface area contributed by atoms with Crippen LogP contribution in [0, 0.1) is 0 Å². The van der Waals surface area contributed by atoms with E-state index in [1.54, 1.807) is 4.90 Å². The van der Waals surface area contributed by atoms with E-state index in [1.165, 1.54) is 0 Å². The number of fused-ring (bicyclic) bond motifs is 1. The Morgan fingerprint density at radius 3 is 2.75 bits per heavy atom. The first-order valence-electron chi connectivity index (χ1n) is 8.63. The molecule has 0 spiro atoms.